The van der Waals surface area contributed by atoms with Crippen LogP contribution in [0, 0.1) is 6.92 Å². The number of hydrogen-bond donors (Lipinski definition) is 1. The largest absolute Gasteiger partial charge is 0.370 e. The quantitative estimate of drug-likeness (QED) is 0.898. The van der Waals surface area contributed by atoms with Gasteiger partial charge in [0.05, 0.1) is 0 Å². The zero-order valence-corrected chi connectivity index (χ0v) is 12.5. The summed E-state index contributed by atoms with van der Waals surface area (Å²) in [5.74, 6) is 2.03. The Morgan fingerprint density at radius 2 is 2.00 bits per heavy atom. The second-order valence-corrected chi connectivity index (χ2v) is 5.09. The first-order valence-electron chi connectivity index (χ1n) is 7.19. The van der Waals surface area contributed by atoms with Crippen LogP contribution in [0.5, 0.6) is 0 Å². The molecule has 1 saturated heterocycles. The van der Waals surface area contributed by atoms with Crippen LogP contribution in [0.2, 0.25) is 0 Å². The summed E-state index contributed by atoms with van der Waals surface area (Å²) in [6.45, 7) is 9.88. The van der Waals surface area contributed by atoms with Crippen LogP contribution in [0.25, 0.3) is 0 Å². The fourth-order valence-corrected chi connectivity index (χ4v) is 2.41. The third-order valence-corrected chi connectivity index (χ3v) is 3.62. The molecule has 1 amide bonds. The van der Waals surface area contributed by atoms with E-state index in [0.29, 0.717) is 0 Å². The van der Waals surface area contributed by atoms with Gasteiger partial charge >= 0.3 is 0 Å². The van der Waals surface area contributed by atoms with Gasteiger partial charge in [0.2, 0.25) is 5.91 Å². The van der Waals surface area contributed by atoms with Gasteiger partial charge in [-0.3, -0.25) is 4.79 Å². The summed E-state index contributed by atoms with van der Waals surface area (Å²) in [5, 5.41) is 3.33. The summed E-state index contributed by atoms with van der Waals surface area (Å²) in [6, 6.07) is 0. The Kier molecular flexibility index (Phi) is 4.76. The van der Waals surface area contributed by atoms with Crippen molar-refractivity contribution in [2.24, 2.45) is 0 Å². The maximum absolute atomic E-state index is 11.4. The topological polar surface area (TPSA) is 61.4 Å². The van der Waals surface area contributed by atoms with Crippen LogP contribution in [-0.2, 0) is 4.79 Å². The van der Waals surface area contributed by atoms with Crippen LogP contribution in [0.15, 0.2) is 6.33 Å². The molecule has 0 saturated carbocycles. The van der Waals surface area contributed by atoms with Crippen molar-refractivity contribution in [3.8, 4) is 0 Å². The minimum absolute atomic E-state index is 0.148. The second-order valence-electron chi connectivity index (χ2n) is 5.09. The van der Waals surface area contributed by atoms with E-state index in [1.165, 1.54) is 0 Å². The van der Waals surface area contributed by atoms with Crippen LogP contribution in [-0.4, -0.2) is 53.5 Å². The molecule has 0 aliphatic carbocycles. The molecule has 1 aliphatic heterocycles. The van der Waals surface area contributed by atoms with Crippen molar-refractivity contribution in [3.63, 3.8) is 0 Å². The molecule has 1 aliphatic rings. The van der Waals surface area contributed by atoms with E-state index in [9.17, 15) is 4.79 Å². The predicted octanol–water partition coefficient (Wildman–Crippen LogP) is 1.28. The third kappa shape index (κ3) is 3.18. The number of aromatic nitrogens is 2. The standard InChI is InChI=1S/C14H23N5O/c1-4-5-15-13-11(2)14(17-10-16-13)19-8-6-18(7-9-19)12(3)20/h10H,4-9H2,1-3H3,(H,15,16,17). The number of nitrogens with one attached hydrogen (secondary N) is 1. The lowest BCUT2D eigenvalue weighted by atomic mass is 10.2. The zero-order chi connectivity index (χ0) is 14.5. The molecule has 0 atom stereocenters. The fraction of sp³-hybridized carbons (Fsp3) is 0.643. The van der Waals surface area contributed by atoms with Crippen molar-refractivity contribution >= 4 is 17.5 Å². The molecule has 1 aromatic heterocycles. The first-order valence-corrected chi connectivity index (χ1v) is 7.19. The Hall–Kier alpha value is -1.85. The lowest BCUT2D eigenvalue weighted by Gasteiger charge is -2.35. The molecule has 6 nitrogen and oxygen atoms in total. The lowest BCUT2D eigenvalue weighted by Crippen LogP contribution is -2.48. The Balaban J connectivity index is 2.08. The average Bonchev–Trinajstić information content (AvgIpc) is 2.46. The highest BCUT2D eigenvalue weighted by atomic mass is 16.2. The number of rotatable bonds is 4. The fourth-order valence-electron chi connectivity index (χ4n) is 2.41. The molecule has 1 N–H and O–H groups in total. The molecule has 0 aromatic carbocycles. The average molecular weight is 277 g/mol. The van der Waals surface area contributed by atoms with Gasteiger partial charge in [-0.05, 0) is 13.3 Å². The normalized spacial score (nSPS) is 15.3. The van der Waals surface area contributed by atoms with Crippen LogP contribution >= 0.6 is 0 Å². The predicted molar refractivity (Wildman–Crippen MR) is 80.0 cm³/mol. The molecular weight excluding hydrogens is 254 g/mol. The highest BCUT2D eigenvalue weighted by molar-refractivity contribution is 5.73. The molecule has 2 heterocycles. The van der Waals surface area contributed by atoms with Gasteiger partial charge in [0, 0.05) is 45.2 Å². The lowest BCUT2D eigenvalue weighted by molar-refractivity contribution is -0.129. The molecule has 0 bridgehead atoms. The van der Waals surface area contributed by atoms with E-state index in [2.05, 4.69) is 27.1 Å². The zero-order valence-electron chi connectivity index (χ0n) is 12.5. The van der Waals surface area contributed by atoms with Gasteiger partial charge in [0.25, 0.3) is 0 Å². The summed E-state index contributed by atoms with van der Waals surface area (Å²) in [7, 11) is 0. The molecule has 0 spiro atoms. The van der Waals surface area contributed by atoms with Crippen LogP contribution < -0.4 is 10.2 Å². The Morgan fingerprint density at radius 3 is 2.60 bits per heavy atom. The van der Waals surface area contributed by atoms with Gasteiger partial charge in [-0.25, -0.2) is 9.97 Å². The van der Waals surface area contributed by atoms with E-state index in [1.54, 1.807) is 13.3 Å². The minimum atomic E-state index is 0.148. The van der Waals surface area contributed by atoms with Gasteiger partial charge in [-0.15, -0.1) is 0 Å². The highest BCUT2D eigenvalue weighted by Gasteiger charge is 2.21. The number of anilines is 2. The van der Waals surface area contributed by atoms with Gasteiger partial charge < -0.3 is 15.1 Å². The number of hydrogen-bond acceptors (Lipinski definition) is 5. The molecule has 110 valence electrons. The molecule has 20 heavy (non-hydrogen) atoms. The third-order valence-electron chi connectivity index (χ3n) is 3.62. The maximum atomic E-state index is 11.4. The number of piperazine rings is 1. The van der Waals surface area contributed by atoms with Crippen molar-refractivity contribution in [2.45, 2.75) is 27.2 Å². The van der Waals surface area contributed by atoms with Gasteiger partial charge in [-0.2, -0.15) is 0 Å². The number of amides is 1. The summed E-state index contributed by atoms with van der Waals surface area (Å²) >= 11 is 0. The first-order chi connectivity index (χ1) is 9.63. The van der Waals surface area contributed by atoms with Gasteiger partial charge in [0.15, 0.2) is 0 Å². The number of nitrogens with zero attached hydrogens (tertiary/aromatic N) is 4. The Morgan fingerprint density at radius 1 is 1.30 bits per heavy atom. The highest BCUT2D eigenvalue weighted by Crippen LogP contribution is 2.23. The maximum Gasteiger partial charge on any atom is 0.219 e. The van der Waals surface area contributed by atoms with E-state index in [-0.39, 0.29) is 5.91 Å². The van der Waals surface area contributed by atoms with E-state index >= 15 is 0 Å². The van der Waals surface area contributed by atoms with Crippen LogP contribution in [0.4, 0.5) is 11.6 Å². The summed E-state index contributed by atoms with van der Waals surface area (Å²) in [6.07, 6.45) is 2.67. The Labute approximate surface area is 120 Å². The van der Waals surface area contributed by atoms with Crippen LogP contribution in [0.3, 0.4) is 0 Å². The van der Waals surface area contributed by atoms with E-state index in [1.807, 2.05) is 11.8 Å². The molecule has 6 heteroatoms. The molecule has 1 fully saturated rings. The molecule has 0 radical (unpaired) electrons. The molecule has 1 aromatic rings. The minimum Gasteiger partial charge on any atom is -0.370 e. The number of carbonyl (C=O) groups excluding carboxylic acids is 1. The van der Waals surface area contributed by atoms with Gasteiger partial charge in [-0.1, -0.05) is 6.92 Å². The van der Waals surface area contributed by atoms with E-state index < -0.39 is 0 Å². The van der Waals surface area contributed by atoms with Gasteiger partial charge in [0.1, 0.15) is 18.0 Å². The van der Waals surface area contributed by atoms with Crippen molar-refractivity contribution in [1.82, 2.24) is 14.9 Å². The van der Waals surface area contributed by atoms with Crippen LogP contribution in [0.1, 0.15) is 25.8 Å². The summed E-state index contributed by atoms with van der Waals surface area (Å²) in [5.41, 5.74) is 1.08. The SMILES string of the molecule is CCCNc1ncnc(N2CCN(C(C)=O)CC2)c1C. The van der Waals surface area contributed by atoms with Crippen molar-refractivity contribution in [3.05, 3.63) is 11.9 Å². The van der Waals surface area contributed by atoms with Crippen molar-refractivity contribution in [1.29, 1.82) is 0 Å². The second kappa shape index (κ2) is 6.54. The number of carbonyl (C=O) groups is 1. The Bertz CT molecular complexity index is 469. The van der Waals surface area contributed by atoms with Crippen molar-refractivity contribution < 1.29 is 4.79 Å². The first kappa shape index (κ1) is 14.6. The molecule has 0 unspecified atom stereocenters. The van der Waals surface area contributed by atoms with E-state index in [0.717, 1.165) is 56.3 Å². The summed E-state index contributed by atoms with van der Waals surface area (Å²) < 4.78 is 0. The van der Waals surface area contributed by atoms with Crippen molar-refractivity contribution in [2.75, 3.05) is 42.9 Å². The molecule has 2 rings (SSSR count). The molecular formula is C14H23N5O. The smallest absolute Gasteiger partial charge is 0.219 e. The monoisotopic (exact) mass is 277 g/mol. The summed E-state index contributed by atoms with van der Waals surface area (Å²) in [4.78, 5) is 24.2. The van der Waals surface area contributed by atoms with E-state index in [4.69, 9.17) is 0 Å².